The van der Waals surface area contributed by atoms with E-state index in [4.69, 9.17) is 4.42 Å². The third-order valence-electron chi connectivity index (χ3n) is 10.7. The van der Waals surface area contributed by atoms with Gasteiger partial charge in [0.15, 0.2) is 0 Å². The Balaban J connectivity index is 1.12. The Morgan fingerprint density at radius 2 is 1.08 bits per heavy atom. The molecule has 3 heteroatoms. The molecule has 0 saturated carbocycles. The van der Waals surface area contributed by atoms with Crippen LogP contribution in [0.2, 0.25) is 0 Å². The van der Waals surface area contributed by atoms with Gasteiger partial charge in [-0.25, -0.2) is 0 Å². The van der Waals surface area contributed by atoms with Crippen LogP contribution in [0.5, 0.6) is 0 Å². The van der Waals surface area contributed by atoms with Crippen molar-refractivity contribution in [3.05, 3.63) is 188 Å². The van der Waals surface area contributed by atoms with Gasteiger partial charge in [-0.2, -0.15) is 0 Å². The molecule has 0 radical (unpaired) electrons. The molecule has 9 aromatic carbocycles. The molecule has 2 heterocycles. The average Bonchev–Trinajstić information content (AvgIpc) is 3.80. The summed E-state index contributed by atoms with van der Waals surface area (Å²) in [6.45, 7) is 0. The van der Waals surface area contributed by atoms with E-state index in [-0.39, 0.29) is 0 Å². The van der Waals surface area contributed by atoms with E-state index in [1.54, 1.807) is 0 Å². The van der Waals surface area contributed by atoms with Gasteiger partial charge in [0.2, 0.25) is 0 Å². The molecule has 0 bridgehead atoms. The second-order valence-corrected chi connectivity index (χ2v) is 14.8. The molecular formula is C50H31NOS. The van der Waals surface area contributed by atoms with Gasteiger partial charge in [0.1, 0.15) is 11.2 Å². The molecule has 0 atom stereocenters. The van der Waals surface area contributed by atoms with Crippen LogP contribution in [0.1, 0.15) is 0 Å². The Labute approximate surface area is 310 Å². The molecule has 0 amide bonds. The van der Waals surface area contributed by atoms with Crippen LogP contribution in [0.3, 0.4) is 0 Å². The van der Waals surface area contributed by atoms with E-state index in [9.17, 15) is 0 Å². The van der Waals surface area contributed by atoms with Crippen molar-refractivity contribution in [2.24, 2.45) is 0 Å². The summed E-state index contributed by atoms with van der Waals surface area (Å²) >= 11 is 1.86. The van der Waals surface area contributed by atoms with E-state index < -0.39 is 0 Å². The number of hydrogen-bond donors (Lipinski definition) is 0. The highest BCUT2D eigenvalue weighted by atomic mass is 32.1. The second kappa shape index (κ2) is 11.9. The Morgan fingerprint density at radius 1 is 0.396 bits per heavy atom. The Hall–Kier alpha value is -6.68. The van der Waals surface area contributed by atoms with Crippen LogP contribution in [0.25, 0.3) is 85.9 Å². The predicted octanol–water partition coefficient (Wildman–Crippen LogP) is 15.1. The number of hydrogen-bond acceptors (Lipinski definition) is 3. The first kappa shape index (κ1) is 30.0. The lowest BCUT2D eigenvalue weighted by Gasteiger charge is -2.27. The molecule has 0 unspecified atom stereocenters. The SMILES string of the molecule is c1ccc(-c2ccc(N(c3ccc(-c4ccc5sc6ccccc6c5c4)cc3)c3ccc4c(ccc5ccccc54)c3)c3c2oc2ccccc23)cc1. The number of benzene rings is 9. The van der Waals surface area contributed by atoms with E-state index in [2.05, 4.69) is 187 Å². The smallest absolute Gasteiger partial charge is 0.145 e. The van der Waals surface area contributed by atoms with Crippen molar-refractivity contribution in [2.45, 2.75) is 0 Å². The third-order valence-corrected chi connectivity index (χ3v) is 11.8. The summed E-state index contributed by atoms with van der Waals surface area (Å²) < 4.78 is 9.37. The highest BCUT2D eigenvalue weighted by Gasteiger charge is 2.22. The van der Waals surface area contributed by atoms with Gasteiger partial charge in [-0.15, -0.1) is 11.3 Å². The predicted molar refractivity (Wildman–Crippen MR) is 227 cm³/mol. The maximum absolute atomic E-state index is 6.73. The number of fused-ring (bicyclic) bond motifs is 9. The normalized spacial score (nSPS) is 11.8. The quantitative estimate of drug-likeness (QED) is 0.167. The Kier molecular flexibility index (Phi) is 6.76. The van der Waals surface area contributed by atoms with Gasteiger partial charge in [0.25, 0.3) is 0 Å². The van der Waals surface area contributed by atoms with Crippen LogP contribution in [-0.2, 0) is 0 Å². The van der Waals surface area contributed by atoms with Crippen molar-refractivity contribution >= 4 is 92.1 Å². The topological polar surface area (TPSA) is 16.4 Å². The van der Waals surface area contributed by atoms with Gasteiger partial charge >= 0.3 is 0 Å². The Morgan fingerprint density at radius 3 is 1.96 bits per heavy atom. The fourth-order valence-electron chi connectivity index (χ4n) is 8.12. The zero-order valence-electron chi connectivity index (χ0n) is 28.7. The Bertz CT molecular complexity index is 3170. The molecule has 0 saturated heterocycles. The standard InChI is InChI=1S/C50H31NOS/c1-2-10-33(11-3-1)41-27-28-45(49-43-15-6-8-16-46(43)52-50(41)49)51(38-25-26-40-36(30-38)19-18-34-12-4-5-13-39(34)40)37-23-20-32(21-24-37)35-22-29-48-44(31-35)42-14-7-9-17-47(42)53-48/h1-31H. The molecule has 0 spiro atoms. The number of rotatable bonds is 5. The molecule has 248 valence electrons. The largest absolute Gasteiger partial charge is 0.455 e. The van der Waals surface area contributed by atoms with Crippen molar-refractivity contribution < 1.29 is 4.42 Å². The lowest BCUT2D eigenvalue weighted by Crippen LogP contribution is -2.10. The zero-order chi connectivity index (χ0) is 34.9. The van der Waals surface area contributed by atoms with E-state index in [1.165, 1.54) is 52.8 Å². The van der Waals surface area contributed by atoms with E-state index >= 15 is 0 Å². The van der Waals surface area contributed by atoms with Gasteiger partial charge < -0.3 is 9.32 Å². The van der Waals surface area contributed by atoms with Gasteiger partial charge in [-0.05, 0) is 98.9 Å². The van der Waals surface area contributed by atoms with E-state index in [0.717, 1.165) is 50.1 Å². The molecule has 53 heavy (non-hydrogen) atoms. The number of anilines is 3. The minimum absolute atomic E-state index is 0.878. The fourth-order valence-corrected chi connectivity index (χ4v) is 9.20. The van der Waals surface area contributed by atoms with Crippen LogP contribution >= 0.6 is 11.3 Å². The van der Waals surface area contributed by atoms with Gasteiger partial charge in [-0.1, -0.05) is 127 Å². The van der Waals surface area contributed by atoms with Crippen molar-refractivity contribution in [3.63, 3.8) is 0 Å². The summed E-state index contributed by atoms with van der Waals surface area (Å²) in [5.41, 5.74) is 9.62. The number of thiophene rings is 1. The molecule has 2 aromatic heterocycles. The average molecular weight is 694 g/mol. The summed E-state index contributed by atoms with van der Waals surface area (Å²) in [6, 6.07) is 68.0. The molecule has 0 fully saturated rings. The number of nitrogens with zero attached hydrogens (tertiary/aromatic N) is 1. The van der Waals surface area contributed by atoms with Crippen LogP contribution < -0.4 is 4.90 Å². The molecular weight excluding hydrogens is 663 g/mol. The monoisotopic (exact) mass is 693 g/mol. The van der Waals surface area contributed by atoms with Crippen molar-refractivity contribution in [1.29, 1.82) is 0 Å². The fraction of sp³-hybridized carbons (Fsp3) is 0. The van der Waals surface area contributed by atoms with Gasteiger partial charge in [0.05, 0.1) is 11.1 Å². The third kappa shape index (κ3) is 4.86. The van der Waals surface area contributed by atoms with Gasteiger partial charge in [0, 0.05) is 42.5 Å². The van der Waals surface area contributed by atoms with E-state index in [0.29, 0.717) is 0 Å². The van der Waals surface area contributed by atoms with Crippen molar-refractivity contribution in [3.8, 4) is 22.3 Å². The highest BCUT2D eigenvalue weighted by molar-refractivity contribution is 7.25. The van der Waals surface area contributed by atoms with Gasteiger partial charge in [-0.3, -0.25) is 0 Å². The van der Waals surface area contributed by atoms with Crippen LogP contribution in [0, 0.1) is 0 Å². The molecule has 0 aliphatic heterocycles. The summed E-state index contributed by atoms with van der Waals surface area (Å²) in [5, 5.41) is 9.78. The zero-order valence-corrected chi connectivity index (χ0v) is 29.5. The molecule has 0 N–H and O–H groups in total. The van der Waals surface area contributed by atoms with Crippen LogP contribution in [-0.4, -0.2) is 0 Å². The minimum Gasteiger partial charge on any atom is -0.455 e. The molecule has 2 nitrogen and oxygen atoms in total. The second-order valence-electron chi connectivity index (χ2n) is 13.7. The minimum atomic E-state index is 0.878. The summed E-state index contributed by atoms with van der Waals surface area (Å²) in [6.07, 6.45) is 0. The van der Waals surface area contributed by atoms with Crippen molar-refractivity contribution in [1.82, 2.24) is 0 Å². The maximum atomic E-state index is 6.73. The number of furan rings is 1. The first-order valence-corrected chi connectivity index (χ1v) is 18.8. The van der Waals surface area contributed by atoms with Crippen molar-refractivity contribution in [2.75, 3.05) is 4.90 Å². The summed E-state index contributed by atoms with van der Waals surface area (Å²) in [5.74, 6) is 0. The van der Waals surface area contributed by atoms with Crippen LogP contribution in [0.4, 0.5) is 17.1 Å². The molecule has 11 rings (SSSR count). The van der Waals surface area contributed by atoms with E-state index in [1.807, 2.05) is 17.4 Å². The summed E-state index contributed by atoms with van der Waals surface area (Å²) in [7, 11) is 0. The molecule has 0 aliphatic carbocycles. The first-order valence-electron chi connectivity index (χ1n) is 18.0. The molecule has 11 aromatic rings. The number of para-hydroxylation sites is 1. The van der Waals surface area contributed by atoms with Crippen LogP contribution in [0.15, 0.2) is 192 Å². The first-order chi connectivity index (χ1) is 26.3. The maximum Gasteiger partial charge on any atom is 0.145 e. The lowest BCUT2D eigenvalue weighted by molar-refractivity contribution is 0.670. The summed E-state index contributed by atoms with van der Waals surface area (Å²) in [4.78, 5) is 2.40. The molecule has 0 aliphatic rings. The highest BCUT2D eigenvalue weighted by Crippen LogP contribution is 2.47. The lowest BCUT2D eigenvalue weighted by atomic mass is 9.98.